The standard InChI is InChI=1S/C27H26N4O4/c1-19-9-11-21(12-10-19)18-30-26(33)24(25(32)29(2)17-20-7-5-4-6-8-20)28-31(27(30)34)22-13-15-23(35-3)16-14-22/h4-16H,17-18H2,1-3H3. The maximum absolute atomic E-state index is 13.4. The molecule has 0 fully saturated rings. The summed E-state index contributed by atoms with van der Waals surface area (Å²) in [7, 11) is 3.14. The number of carbonyl (C=O) groups is 1. The summed E-state index contributed by atoms with van der Waals surface area (Å²) in [6, 6.07) is 23.6. The van der Waals surface area contributed by atoms with Crippen LogP contribution in [0.5, 0.6) is 5.75 Å². The van der Waals surface area contributed by atoms with E-state index >= 15 is 0 Å². The Kier molecular flexibility index (Phi) is 6.91. The molecular formula is C27H26N4O4. The molecule has 0 radical (unpaired) electrons. The number of amides is 1. The van der Waals surface area contributed by atoms with Crippen molar-refractivity contribution in [2.45, 2.75) is 20.0 Å². The Morgan fingerprint density at radius 1 is 0.914 bits per heavy atom. The minimum Gasteiger partial charge on any atom is -0.497 e. The Labute approximate surface area is 202 Å². The van der Waals surface area contributed by atoms with Gasteiger partial charge in [0.25, 0.3) is 11.5 Å². The summed E-state index contributed by atoms with van der Waals surface area (Å²) in [4.78, 5) is 41.5. The zero-order valence-electron chi connectivity index (χ0n) is 19.8. The molecule has 0 unspecified atom stereocenters. The molecule has 3 aromatic carbocycles. The fourth-order valence-corrected chi connectivity index (χ4v) is 3.67. The van der Waals surface area contributed by atoms with Crippen molar-refractivity contribution in [2.24, 2.45) is 0 Å². The van der Waals surface area contributed by atoms with E-state index in [0.717, 1.165) is 25.9 Å². The molecule has 0 saturated carbocycles. The highest BCUT2D eigenvalue weighted by molar-refractivity contribution is 5.91. The summed E-state index contributed by atoms with van der Waals surface area (Å²) < 4.78 is 7.32. The lowest BCUT2D eigenvalue weighted by molar-refractivity contribution is 0.0773. The Morgan fingerprint density at radius 2 is 1.57 bits per heavy atom. The highest BCUT2D eigenvalue weighted by Crippen LogP contribution is 2.13. The second-order valence-corrected chi connectivity index (χ2v) is 8.26. The number of hydrogen-bond acceptors (Lipinski definition) is 5. The first kappa shape index (κ1) is 23.7. The number of hydrogen-bond donors (Lipinski definition) is 0. The van der Waals surface area contributed by atoms with Gasteiger partial charge in [-0.05, 0) is 42.3 Å². The van der Waals surface area contributed by atoms with Crippen LogP contribution in [0.1, 0.15) is 27.2 Å². The van der Waals surface area contributed by atoms with Crippen molar-refractivity contribution >= 4 is 5.91 Å². The third-order valence-corrected chi connectivity index (χ3v) is 5.65. The van der Waals surface area contributed by atoms with Crippen molar-refractivity contribution in [3.8, 4) is 11.4 Å². The predicted octanol–water partition coefficient (Wildman–Crippen LogP) is 3.03. The van der Waals surface area contributed by atoms with E-state index in [1.807, 2.05) is 61.5 Å². The van der Waals surface area contributed by atoms with Gasteiger partial charge in [-0.1, -0.05) is 60.2 Å². The van der Waals surface area contributed by atoms with E-state index in [4.69, 9.17) is 4.74 Å². The quantitative estimate of drug-likeness (QED) is 0.414. The monoisotopic (exact) mass is 470 g/mol. The van der Waals surface area contributed by atoms with E-state index in [1.54, 1.807) is 38.4 Å². The van der Waals surface area contributed by atoms with Crippen LogP contribution in [0.4, 0.5) is 0 Å². The minimum absolute atomic E-state index is 0.0132. The van der Waals surface area contributed by atoms with Crippen LogP contribution >= 0.6 is 0 Å². The number of rotatable bonds is 7. The van der Waals surface area contributed by atoms with E-state index in [-0.39, 0.29) is 12.2 Å². The second kappa shape index (κ2) is 10.2. The lowest BCUT2D eigenvalue weighted by Crippen LogP contribution is -2.46. The van der Waals surface area contributed by atoms with Gasteiger partial charge in [0.15, 0.2) is 0 Å². The maximum atomic E-state index is 13.4. The molecule has 178 valence electrons. The molecule has 4 aromatic rings. The van der Waals surface area contributed by atoms with Crippen LogP contribution in [0.2, 0.25) is 0 Å². The van der Waals surface area contributed by atoms with Gasteiger partial charge < -0.3 is 9.64 Å². The van der Waals surface area contributed by atoms with Gasteiger partial charge in [-0.2, -0.15) is 9.78 Å². The molecule has 0 saturated heterocycles. The van der Waals surface area contributed by atoms with Crippen LogP contribution in [0.15, 0.2) is 88.5 Å². The molecule has 0 atom stereocenters. The Hall–Kier alpha value is -4.46. The van der Waals surface area contributed by atoms with Gasteiger partial charge in [0, 0.05) is 13.6 Å². The van der Waals surface area contributed by atoms with Gasteiger partial charge in [-0.25, -0.2) is 4.79 Å². The van der Waals surface area contributed by atoms with Crippen molar-refractivity contribution in [3.63, 3.8) is 0 Å². The van der Waals surface area contributed by atoms with Gasteiger partial charge in [0.2, 0.25) is 5.69 Å². The molecule has 0 N–H and O–H groups in total. The SMILES string of the molecule is COc1ccc(-n2nc(C(=O)N(C)Cc3ccccc3)c(=O)n(Cc3ccc(C)cc3)c2=O)cc1. The fourth-order valence-electron chi connectivity index (χ4n) is 3.67. The van der Waals surface area contributed by atoms with Gasteiger partial charge in [0.05, 0.1) is 19.3 Å². The zero-order valence-corrected chi connectivity index (χ0v) is 19.8. The highest BCUT2D eigenvalue weighted by atomic mass is 16.5. The van der Waals surface area contributed by atoms with Gasteiger partial charge in [-0.15, -0.1) is 0 Å². The molecule has 8 nitrogen and oxygen atoms in total. The third-order valence-electron chi connectivity index (χ3n) is 5.65. The van der Waals surface area contributed by atoms with Gasteiger partial charge >= 0.3 is 5.69 Å². The molecule has 0 bridgehead atoms. The molecule has 0 aliphatic carbocycles. The van der Waals surface area contributed by atoms with Crippen molar-refractivity contribution in [1.29, 1.82) is 0 Å². The fraction of sp³-hybridized carbons (Fsp3) is 0.185. The smallest absolute Gasteiger partial charge is 0.352 e. The third kappa shape index (κ3) is 5.22. The van der Waals surface area contributed by atoms with Crippen LogP contribution in [0.3, 0.4) is 0 Å². The first-order valence-corrected chi connectivity index (χ1v) is 11.1. The largest absolute Gasteiger partial charge is 0.497 e. The average molecular weight is 471 g/mol. The minimum atomic E-state index is -0.731. The van der Waals surface area contributed by atoms with Gasteiger partial charge in [-0.3, -0.25) is 14.2 Å². The molecule has 4 rings (SSSR count). The van der Waals surface area contributed by atoms with E-state index in [9.17, 15) is 14.4 Å². The first-order chi connectivity index (χ1) is 16.9. The summed E-state index contributed by atoms with van der Waals surface area (Å²) in [5, 5.41) is 4.22. The normalized spacial score (nSPS) is 10.7. The van der Waals surface area contributed by atoms with Crippen LogP contribution in [0, 0.1) is 6.92 Å². The topological polar surface area (TPSA) is 86.4 Å². The zero-order chi connectivity index (χ0) is 24.9. The van der Waals surface area contributed by atoms with Crippen molar-refractivity contribution in [2.75, 3.05) is 14.2 Å². The summed E-state index contributed by atoms with van der Waals surface area (Å²) in [5.74, 6) is 0.0347. The second-order valence-electron chi connectivity index (χ2n) is 8.26. The number of ether oxygens (including phenoxy) is 1. The number of benzene rings is 3. The Morgan fingerprint density at radius 3 is 2.20 bits per heavy atom. The number of aryl methyl sites for hydroxylation is 1. The lowest BCUT2D eigenvalue weighted by atomic mass is 10.1. The molecule has 0 aliphatic rings. The average Bonchev–Trinajstić information content (AvgIpc) is 2.88. The number of nitrogens with zero attached hydrogens (tertiary/aromatic N) is 4. The maximum Gasteiger partial charge on any atom is 0.352 e. The van der Waals surface area contributed by atoms with E-state index in [2.05, 4.69) is 5.10 Å². The summed E-state index contributed by atoms with van der Waals surface area (Å²) in [5.41, 5.74) is 1.45. The Bertz CT molecular complexity index is 1440. The van der Waals surface area contributed by atoms with Crippen molar-refractivity contribution in [1.82, 2.24) is 19.2 Å². The van der Waals surface area contributed by atoms with E-state index in [0.29, 0.717) is 18.0 Å². The Balaban J connectivity index is 1.81. The number of aromatic nitrogens is 3. The first-order valence-electron chi connectivity index (χ1n) is 11.1. The van der Waals surface area contributed by atoms with Crippen molar-refractivity contribution < 1.29 is 9.53 Å². The molecular weight excluding hydrogens is 444 g/mol. The van der Waals surface area contributed by atoms with Crippen LogP contribution in [0.25, 0.3) is 5.69 Å². The molecule has 35 heavy (non-hydrogen) atoms. The molecule has 0 spiro atoms. The molecule has 1 heterocycles. The summed E-state index contributed by atoms with van der Waals surface area (Å²) in [6.07, 6.45) is 0. The van der Waals surface area contributed by atoms with Crippen molar-refractivity contribution in [3.05, 3.63) is 122 Å². The summed E-state index contributed by atoms with van der Waals surface area (Å²) >= 11 is 0. The van der Waals surface area contributed by atoms with Crippen LogP contribution in [-0.4, -0.2) is 39.3 Å². The molecule has 1 aromatic heterocycles. The summed E-state index contributed by atoms with van der Waals surface area (Å²) in [6.45, 7) is 2.26. The van der Waals surface area contributed by atoms with E-state index < -0.39 is 17.2 Å². The number of methoxy groups -OCH3 is 1. The lowest BCUT2D eigenvalue weighted by Gasteiger charge is -2.18. The molecule has 1 amide bonds. The van der Waals surface area contributed by atoms with E-state index in [1.165, 1.54) is 4.90 Å². The number of carbonyl (C=O) groups excluding carboxylic acids is 1. The molecule has 8 heteroatoms. The predicted molar refractivity (Wildman–Crippen MR) is 133 cm³/mol. The highest BCUT2D eigenvalue weighted by Gasteiger charge is 2.23. The molecule has 0 aliphatic heterocycles. The van der Waals surface area contributed by atoms with Crippen LogP contribution in [-0.2, 0) is 13.1 Å². The van der Waals surface area contributed by atoms with Gasteiger partial charge in [0.1, 0.15) is 5.75 Å². The van der Waals surface area contributed by atoms with Crippen LogP contribution < -0.4 is 16.0 Å².